The first-order chi connectivity index (χ1) is 10.3. The summed E-state index contributed by atoms with van der Waals surface area (Å²) < 4.78 is 11.2. The Labute approximate surface area is 122 Å². The lowest BCUT2D eigenvalue weighted by Crippen LogP contribution is -2.42. The van der Waals surface area contributed by atoms with Crippen LogP contribution < -0.4 is 5.73 Å². The maximum atomic E-state index is 5.89. The predicted octanol–water partition coefficient (Wildman–Crippen LogP) is 1.25. The van der Waals surface area contributed by atoms with E-state index >= 15 is 0 Å². The van der Waals surface area contributed by atoms with Gasteiger partial charge in [-0.15, -0.1) is 0 Å². The molecule has 2 aromatic rings. The van der Waals surface area contributed by atoms with Gasteiger partial charge in [0.1, 0.15) is 11.9 Å². The molecule has 2 N–H and O–H groups in total. The van der Waals surface area contributed by atoms with Crippen LogP contribution >= 0.6 is 0 Å². The van der Waals surface area contributed by atoms with Crippen molar-refractivity contribution < 1.29 is 9.26 Å². The van der Waals surface area contributed by atoms with Crippen LogP contribution in [0.1, 0.15) is 24.8 Å². The van der Waals surface area contributed by atoms with E-state index in [9.17, 15) is 0 Å². The zero-order valence-corrected chi connectivity index (χ0v) is 11.6. The van der Waals surface area contributed by atoms with Crippen LogP contribution in [0.25, 0.3) is 11.5 Å². The largest absolute Gasteiger partial charge is 0.384 e. The molecule has 7 heteroatoms. The first-order valence-corrected chi connectivity index (χ1v) is 7.21. The number of ether oxygens (including phenoxy) is 1. The number of hydrogen-bond acceptors (Lipinski definition) is 7. The lowest BCUT2D eigenvalue weighted by molar-refractivity contribution is -0.0548. The van der Waals surface area contributed by atoms with E-state index in [1.165, 1.54) is 12.8 Å². The summed E-state index contributed by atoms with van der Waals surface area (Å²) in [6, 6.07) is 4.08. The molecule has 0 spiro atoms. The maximum absolute atomic E-state index is 5.89. The number of nitrogen functional groups attached to an aromatic ring is 1. The van der Waals surface area contributed by atoms with Gasteiger partial charge in [0.25, 0.3) is 5.89 Å². The van der Waals surface area contributed by atoms with E-state index in [0.29, 0.717) is 23.6 Å². The average Bonchev–Trinajstić information content (AvgIpc) is 3.15. The molecule has 7 nitrogen and oxygen atoms in total. The molecule has 0 radical (unpaired) electrons. The van der Waals surface area contributed by atoms with Crippen LogP contribution in [0.2, 0.25) is 0 Å². The van der Waals surface area contributed by atoms with E-state index in [2.05, 4.69) is 20.0 Å². The fourth-order valence-corrected chi connectivity index (χ4v) is 3.04. The Morgan fingerprint density at radius 3 is 3.24 bits per heavy atom. The fourth-order valence-electron chi connectivity index (χ4n) is 3.04. The number of nitrogens with two attached hydrogens (primary N) is 1. The Balaban J connectivity index is 1.54. The number of anilines is 1. The Morgan fingerprint density at radius 2 is 2.33 bits per heavy atom. The molecule has 2 saturated heterocycles. The van der Waals surface area contributed by atoms with Crippen LogP contribution in [0.4, 0.5) is 5.82 Å². The minimum absolute atomic E-state index is 0.115. The van der Waals surface area contributed by atoms with E-state index in [0.717, 1.165) is 25.3 Å². The van der Waals surface area contributed by atoms with Crippen LogP contribution in [0.15, 0.2) is 22.9 Å². The summed E-state index contributed by atoms with van der Waals surface area (Å²) in [5.74, 6) is 1.48. The molecule has 2 atom stereocenters. The molecule has 21 heavy (non-hydrogen) atoms. The number of morpholine rings is 1. The number of fused-ring (bicyclic) bond motifs is 1. The van der Waals surface area contributed by atoms with Crippen LogP contribution in [0.3, 0.4) is 0 Å². The van der Waals surface area contributed by atoms with E-state index in [1.54, 1.807) is 18.3 Å². The highest BCUT2D eigenvalue weighted by Gasteiger charge is 2.34. The van der Waals surface area contributed by atoms with Gasteiger partial charge in [0, 0.05) is 24.3 Å². The van der Waals surface area contributed by atoms with Crippen molar-refractivity contribution in [2.75, 3.05) is 25.4 Å². The van der Waals surface area contributed by atoms with Crippen LogP contribution in [0, 0.1) is 0 Å². The summed E-state index contributed by atoms with van der Waals surface area (Å²) in [5.41, 5.74) is 6.45. The predicted molar refractivity (Wildman–Crippen MR) is 75.2 cm³/mol. The van der Waals surface area contributed by atoms with Crippen LogP contribution in [-0.4, -0.2) is 45.8 Å². The van der Waals surface area contributed by atoms with Gasteiger partial charge in [0.15, 0.2) is 0 Å². The van der Waals surface area contributed by atoms with Gasteiger partial charge < -0.3 is 15.0 Å². The summed E-state index contributed by atoms with van der Waals surface area (Å²) in [6.07, 6.45) is 3.98. The summed E-state index contributed by atoms with van der Waals surface area (Å²) in [6.45, 7) is 2.72. The molecule has 2 aromatic heterocycles. The second-order valence-electron chi connectivity index (χ2n) is 5.54. The highest BCUT2D eigenvalue weighted by atomic mass is 16.5. The number of pyridine rings is 1. The van der Waals surface area contributed by atoms with Gasteiger partial charge in [0.2, 0.25) is 5.82 Å². The first-order valence-electron chi connectivity index (χ1n) is 7.21. The molecule has 0 bridgehead atoms. The van der Waals surface area contributed by atoms with Gasteiger partial charge in [0.05, 0.1) is 6.61 Å². The third-order valence-corrected chi connectivity index (χ3v) is 4.15. The SMILES string of the molecule is Nc1cc(-c2nc(C3CN4CCCC4CO3)no2)ccn1. The topological polar surface area (TPSA) is 90.3 Å². The molecule has 2 unspecified atom stereocenters. The van der Waals surface area contributed by atoms with Crippen LogP contribution in [-0.2, 0) is 4.74 Å². The average molecular weight is 287 g/mol. The fraction of sp³-hybridized carbons (Fsp3) is 0.500. The van der Waals surface area contributed by atoms with Crippen LogP contribution in [0.5, 0.6) is 0 Å². The molecule has 2 aliphatic heterocycles. The zero-order chi connectivity index (χ0) is 14.2. The third-order valence-electron chi connectivity index (χ3n) is 4.15. The zero-order valence-electron chi connectivity index (χ0n) is 11.6. The molecular weight excluding hydrogens is 270 g/mol. The van der Waals surface area contributed by atoms with Crippen molar-refractivity contribution in [3.8, 4) is 11.5 Å². The smallest absolute Gasteiger partial charge is 0.258 e. The van der Waals surface area contributed by atoms with Gasteiger partial charge in [-0.2, -0.15) is 4.98 Å². The van der Waals surface area contributed by atoms with Crippen molar-refractivity contribution >= 4 is 5.82 Å². The lowest BCUT2D eigenvalue weighted by Gasteiger charge is -2.33. The quantitative estimate of drug-likeness (QED) is 0.888. The number of hydrogen-bond donors (Lipinski definition) is 1. The highest BCUT2D eigenvalue weighted by molar-refractivity contribution is 5.56. The Bertz CT molecular complexity index is 644. The molecule has 4 rings (SSSR count). The minimum Gasteiger partial charge on any atom is -0.384 e. The molecule has 110 valence electrons. The Hall–Kier alpha value is -1.99. The summed E-state index contributed by atoms with van der Waals surface area (Å²) in [5, 5.41) is 4.06. The maximum Gasteiger partial charge on any atom is 0.258 e. The molecule has 4 heterocycles. The third kappa shape index (κ3) is 2.38. The number of nitrogens with zero attached hydrogens (tertiary/aromatic N) is 4. The van der Waals surface area contributed by atoms with Crippen molar-refractivity contribution in [2.24, 2.45) is 0 Å². The molecule has 0 saturated carbocycles. The first kappa shape index (κ1) is 12.7. The second kappa shape index (κ2) is 5.09. The minimum atomic E-state index is -0.115. The molecular formula is C14H17N5O2. The number of rotatable bonds is 2. The number of aromatic nitrogens is 3. The summed E-state index contributed by atoms with van der Waals surface area (Å²) in [7, 11) is 0. The lowest BCUT2D eigenvalue weighted by atomic mass is 10.2. The second-order valence-corrected chi connectivity index (χ2v) is 5.54. The van der Waals surface area contributed by atoms with E-state index < -0.39 is 0 Å². The van der Waals surface area contributed by atoms with Crippen molar-refractivity contribution in [1.29, 1.82) is 0 Å². The Kier molecular flexibility index (Phi) is 3.08. The molecule has 2 fully saturated rings. The van der Waals surface area contributed by atoms with Crippen molar-refractivity contribution in [1.82, 2.24) is 20.0 Å². The molecule has 0 aliphatic carbocycles. The molecule has 0 amide bonds. The van der Waals surface area contributed by atoms with Gasteiger partial charge in [-0.3, -0.25) is 4.90 Å². The Morgan fingerprint density at radius 1 is 1.38 bits per heavy atom. The summed E-state index contributed by atoms with van der Waals surface area (Å²) >= 11 is 0. The van der Waals surface area contributed by atoms with Gasteiger partial charge in [-0.05, 0) is 31.5 Å². The van der Waals surface area contributed by atoms with Gasteiger partial charge in [-0.1, -0.05) is 5.16 Å². The van der Waals surface area contributed by atoms with Gasteiger partial charge in [-0.25, -0.2) is 4.98 Å². The van der Waals surface area contributed by atoms with Crippen molar-refractivity contribution in [2.45, 2.75) is 25.0 Å². The van der Waals surface area contributed by atoms with E-state index in [1.807, 2.05) is 0 Å². The van der Waals surface area contributed by atoms with Gasteiger partial charge >= 0.3 is 0 Å². The molecule has 0 aromatic carbocycles. The monoisotopic (exact) mass is 287 g/mol. The standard InChI is InChI=1S/C14H17N5O2/c15-12-6-9(3-4-16-12)14-17-13(18-21-14)11-7-19-5-1-2-10(19)8-20-11/h3-4,6,10-11H,1-2,5,7-8H2,(H2,15,16). The molecule has 2 aliphatic rings. The van der Waals surface area contributed by atoms with Crippen molar-refractivity contribution in [3.63, 3.8) is 0 Å². The normalized spacial score (nSPS) is 25.9. The van der Waals surface area contributed by atoms with Crippen molar-refractivity contribution in [3.05, 3.63) is 24.2 Å². The van der Waals surface area contributed by atoms with E-state index in [-0.39, 0.29) is 6.10 Å². The highest BCUT2D eigenvalue weighted by Crippen LogP contribution is 2.29. The van der Waals surface area contributed by atoms with E-state index in [4.69, 9.17) is 15.0 Å². The summed E-state index contributed by atoms with van der Waals surface area (Å²) in [4.78, 5) is 10.9.